The van der Waals surface area contributed by atoms with Crippen molar-refractivity contribution in [2.24, 2.45) is 4.99 Å². The summed E-state index contributed by atoms with van der Waals surface area (Å²) in [4.78, 5) is 27.3. The van der Waals surface area contributed by atoms with Gasteiger partial charge in [-0.3, -0.25) is 4.99 Å². The number of rotatable bonds is 13. The molecule has 10 aromatic carbocycles. The predicted octanol–water partition coefficient (Wildman–Crippen LogP) is 19.8. The van der Waals surface area contributed by atoms with Crippen LogP contribution in [0.1, 0.15) is 11.1 Å². The molecule has 0 saturated carbocycles. The third-order valence-corrected chi connectivity index (χ3v) is 18.2. The van der Waals surface area contributed by atoms with Crippen LogP contribution in [0.15, 0.2) is 246 Å². The second-order valence-electron chi connectivity index (χ2n) is 15.9. The molecule has 0 amide bonds. The minimum Gasteiger partial charge on any atom is -0.265 e. The first-order chi connectivity index (χ1) is 35.3. The van der Waals surface area contributed by atoms with Crippen molar-refractivity contribution in [2.75, 3.05) is 0 Å². The van der Waals surface area contributed by atoms with Gasteiger partial charge in [0.15, 0.2) is 17.1 Å². The average Bonchev–Trinajstić information content (AvgIpc) is 3.43. The zero-order valence-corrected chi connectivity index (χ0v) is 42.6. The SMILES string of the molecule is [C-]#[N+]c1ccc(Sc2cc3c(cc2Sc2ccc(C#N)cc2)c2cc(Sc4ccc(N=C)cc4)c(Sc4ccc(C#N)cc4)cc2c2cc(Sc4ccc([N+]#[C-])cc4)c(Sc4ccc([N+]#[C-])cc4)cc32)cc1. The largest absolute Gasteiger partial charge is 0.265 e. The van der Waals surface area contributed by atoms with E-state index in [0.717, 1.165) is 96.8 Å². The molecule has 0 heterocycles. The fraction of sp³-hybridized carbons (Fsp3) is 0. The quantitative estimate of drug-likeness (QED) is 0.0642. The Morgan fingerprint density at radius 2 is 0.542 bits per heavy atom. The summed E-state index contributed by atoms with van der Waals surface area (Å²) in [6.45, 7) is 26.5. The highest BCUT2D eigenvalue weighted by atomic mass is 32.2. The zero-order valence-electron chi connectivity index (χ0n) is 37.7. The number of benzene rings is 10. The lowest BCUT2D eigenvalue weighted by Gasteiger charge is -2.20. The molecule has 0 saturated heterocycles. The maximum absolute atomic E-state index is 9.65. The van der Waals surface area contributed by atoms with Gasteiger partial charge in [-0.25, -0.2) is 14.5 Å². The van der Waals surface area contributed by atoms with Crippen LogP contribution in [0.2, 0.25) is 0 Å². The number of hydrogen-bond donors (Lipinski definition) is 0. The highest BCUT2D eigenvalue weighted by molar-refractivity contribution is 8.03. The number of fused-ring (bicyclic) bond motifs is 6. The monoisotopic (exact) mass is 1030 g/mol. The topological polar surface area (TPSA) is 73.0 Å². The van der Waals surface area contributed by atoms with Crippen molar-refractivity contribution in [1.82, 2.24) is 0 Å². The van der Waals surface area contributed by atoms with Crippen LogP contribution in [0.5, 0.6) is 0 Å². The van der Waals surface area contributed by atoms with Gasteiger partial charge in [-0.05, 0) is 148 Å². The standard InChI is InChI=1S/C60H32N6S6/c1-63-39-9-21-45(22-10-39)69-57-31-51-49-29-55(67-43-17-5-37(35-61)6-18-43)58(70-46-23-11-40(64-2)12-24-46)32-52(49)54-34-60(72-48-27-15-42(66-4)16-28-48)59(71-47-25-13-41(65-3)14-26-47)33-53(54)50(51)30-56(57)68-44-19-7-38(36-62)8-20-44/h5-34H,1H2. The van der Waals surface area contributed by atoms with E-state index in [1.54, 1.807) is 70.6 Å². The molecule has 338 valence electrons. The Hall–Kier alpha value is -7.80. The molecule has 0 fully saturated rings. The molecule has 0 N–H and O–H groups in total. The summed E-state index contributed by atoms with van der Waals surface area (Å²) in [5.74, 6) is 0. The maximum atomic E-state index is 9.65. The Morgan fingerprint density at radius 3 is 0.736 bits per heavy atom. The van der Waals surface area contributed by atoms with Gasteiger partial charge in [0.05, 0.1) is 48.7 Å². The van der Waals surface area contributed by atoms with Gasteiger partial charge in [-0.1, -0.05) is 143 Å². The lowest BCUT2D eigenvalue weighted by Crippen LogP contribution is -1.91. The van der Waals surface area contributed by atoms with Crippen LogP contribution >= 0.6 is 70.6 Å². The molecule has 6 nitrogen and oxygen atoms in total. The summed E-state index contributed by atoms with van der Waals surface area (Å²) in [5, 5.41) is 25.7. The minimum atomic E-state index is 0.575. The highest BCUT2D eigenvalue weighted by Crippen LogP contribution is 2.51. The van der Waals surface area contributed by atoms with Gasteiger partial charge in [-0.2, -0.15) is 10.5 Å². The maximum Gasteiger partial charge on any atom is 0.187 e. The molecule has 10 aromatic rings. The van der Waals surface area contributed by atoms with E-state index in [4.69, 9.17) is 19.7 Å². The van der Waals surface area contributed by atoms with Gasteiger partial charge in [0.2, 0.25) is 0 Å². The van der Waals surface area contributed by atoms with Crippen LogP contribution in [-0.4, -0.2) is 6.72 Å². The fourth-order valence-corrected chi connectivity index (χ4v) is 13.8. The molecule has 0 bridgehead atoms. The summed E-state index contributed by atoms with van der Waals surface area (Å²) in [6.07, 6.45) is 0. The van der Waals surface area contributed by atoms with Gasteiger partial charge in [0.25, 0.3) is 0 Å². The van der Waals surface area contributed by atoms with Gasteiger partial charge in [-0.15, -0.1) is 0 Å². The molecule has 0 radical (unpaired) electrons. The molecular weight excluding hydrogens is 997 g/mol. The summed E-state index contributed by atoms with van der Waals surface area (Å²) >= 11 is 9.95. The van der Waals surface area contributed by atoms with E-state index in [0.29, 0.717) is 28.2 Å². The molecule has 0 aliphatic carbocycles. The molecule has 0 aliphatic heterocycles. The van der Waals surface area contributed by atoms with E-state index in [9.17, 15) is 10.5 Å². The van der Waals surface area contributed by atoms with E-state index in [1.165, 1.54) is 0 Å². The summed E-state index contributed by atoms with van der Waals surface area (Å²) in [7, 11) is 0. The number of aliphatic imine (C=N–C) groups is 1. The van der Waals surface area contributed by atoms with Crippen molar-refractivity contribution in [3.8, 4) is 12.1 Å². The summed E-state index contributed by atoms with van der Waals surface area (Å²) in [5.41, 5.74) is 3.70. The van der Waals surface area contributed by atoms with E-state index >= 15 is 0 Å². The van der Waals surface area contributed by atoms with E-state index < -0.39 is 0 Å². The van der Waals surface area contributed by atoms with Crippen LogP contribution in [-0.2, 0) is 0 Å². The van der Waals surface area contributed by atoms with E-state index in [1.807, 2.05) is 133 Å². The molecule has 12 heteroatoms. The highest BCUT2D eigenvalue weighted by Gasteiger charge is 2.21. The van der Waals surface area contributed by atoms with Crippen molar-refractivity contribution in [1.29, 1.82) is 10.5 Å². The summed E-state index contributed by atoms with van der Waals surface area (Å²) in [6, 6.07) is 64.8. The van der Waals surface area contributed by atoms with Gasteiger partial charge >= 0.3 is 0 Å². The third kappa shape index (κ3) is 10.6. The Labute approximate surface area is 442 Å². The molecule has 0 atom stereocenters. The van der Waals surface area contributed by atoms with Crippen molar-refractivity contribution >= 4 is 132 Å². The molecule has 0 aliphatic rings. The van der Waals surface area contributed by atoms with E-state index in [-0.39, 0.29) is 0 Å². The Morgan fingerprint density at radius 1 is 0.333 bits per heavy atom. The smallest absolute Gasteiger partial charge is 0.187 e. The normalized spacial score (nSPS) is 10.8. The average molecular weight is 1030 g/mol. The lowest BCUT2D eigenvalue weighted by molar-refractivity contribution is 1.24. The van der Waals surface area contributed by atoms with Crippen LogP contribution in [0.3, 0.4) is 0 Å². The van der Waals surface area contributed by atoms with E-state index in [2.05, 4.69) is 86.9 Å². The number of nitrogens with zero attached hydrogens (tertiary/aromatic N) is 6. The molecule has 0 aromatic heterocycles. The zero-order chi connectivity index (χ0) is 49.6. The number of hydrogen-bond acceptors (Lipinski definition) is 9. The van der Waals surface area contributed by atoms with Crippen molar-refractivity contribution < 1.29 is 0 Å². The van der Waals surface area contributed by atoms with Crippen molar-refractivity contribution in [2.45, 2.75) is 58.7 Å². The second kappa shape index (κ2) is 21.7. The van der Waals surface area contributed by atoms with Crippen LogP contribution in [0.25, 0.3) is 46.9 Å². The summed E-state index contributed by atoms with van der Waals surface area (Å²) < 4.78 is 0. The van der Waals surface area contributed by atoms with Crippen molar-refractivity contribution in [3.63, 3.8) is 0 Å². The molecule has 0 unspecified atom stereocenters. The Balaban J connectivity index is 1.27. The Kier molecular flexibility index (Phi) is 14.4. The Bertz CT molecular complexity index is 3860. The second-order valence-corrected chi connectivity index (χ2v) is 22.6. The minimum absolute atomic E-state index is 0.575. The molecule has 10 rings (SSSR count). The lowest BCUT2D eigenvalue weighted by atomic mass is 9.94. The van der Waals surface area contributed by atoms with Crippen LogP contribution < -0.4 is 0 Å². The molecule has 0 spiro atoms. The molecular formula is C60H32N6S6. The third-order valence-electron chi connectivity index (χ3n) is 11.4. The molecule has 72 heavy (non-hydrogen) atoms. The van der Waals surface area contributed by atoms with Gasteiger partial charge in [0.1, 0.15) is 0 Å². The van der Waals surface area contributed by atoms with Gasteiger partial charge in [0, 0.05) is 58.7 Å². The first kappa shape index (κ1) is 47.9. The van der Waals surface area contributed by atoms with Gasteiger partial charge < -0.3 is 0 Å². The first-order valence-electron chi connectivity index (χ1n) is 21.9. The number of nitriles is 2. The first-order valence-corrected chi connectivity index (χ1v) is 26.8. The van der Waals surface area contributed by atoms with Crippen LogP contribution in [0, 0.1) is 42.4 Å². The fourth-order valence-electron chi connectivity index (χ4n) is 7.84. The predicted molar refractivity (Wildman–Crippen MR) is 300 cm³/mol. The van der Waals surface area contributed by atoms with Crippen LogP contribution in [0.4, 0.5) is 22.7 Å². The van der Waals surface area contributed by atoms with Crippen molar-refractivity contribution in [3.05, 3.63) is 227 Å².